The van der Waals surface area contributed by atoms with Gasteiger partial charge < -0.3 is 20.1 Å². The SMILES string of the molecule is Cc1ccc(OCCNC(=O)CCCOc2ccc3c(c2)CCC(=O)N3)cc1. The molecule has 6 heteroatoms. The fourth-order valence-electron chi connectivity index (χ4n) is 2.95. The number of carbonyl (C=O) groups is 2. The molecule has 0 fully saturated rings. The number of benzene rings is 2. The predicted molar refractivity (Wildman–Crippen MR) is 108 cm³/mol. The van der Waals surface area contributed by atoms with Crippen molar-refractivity contribution in [2.24, 2.45) is 0 Å². The highest BCUT2D eigenvalue weighted by atomic mass is 16.5. The van der Waals surface area contributed by atoms with Crippen molar-refractivity contribution >= 4 is 17.5 Å². The Kier molecular flexibility index (Phi) is 6.89. The number of rotatable bonds is 9. The number of hydrogen-bond donors (Lipinski definition) is 2. The summed E-state index contributed by atoms with van der Waals surface area (Å²) in [7, 11) is 0. The Bertz CT molecular complexity index is 818. The predicted octanol–water partition coefficient (Wildman–Crippen LogP) is 3.23. The molecule has 1 aliphatic rings. The third-order valence-electron chi connectivity index (χ3n) is 4.50. The van der Waals surface area contributed by atoms with Gasteiger partial charge in [-0.05, 0) is 55.7 Å². The van der Waals surface area contributed by atoms with E-state index < -0.39 is 0 Å². The summed E-state index contributed by atoms with van der Waals surface area (Å²) in [6.07, 6.45) is 2.28. The lowest BCUT2D eigenvalue weighted by atomic mass is 10.0. The molecule has 0 spiro atoms. The van der Waals surface area contributed by atoms with E-state index in [1.807, 2.05) is 49.4 Å². The number of nitrogens with one attached hydrogen (secondary N) is 2. The molecule has 0 unspecified atom stereocenters. The van der Waals surface area contributed by atoms with Crippen LogP contribution in [-0.4, -0.2) is 31.6 Å². The summed E-state index contributed by atoms with van der Waals surface area (Å²) in [6.45, 7) is 3.41. The van der Waals surface area contributed by atoms with Crippen LogP contribution in [0.25, 0.3) is 0 Å². The second kappa shape index (κ2) is 9.78. The first-order valence-electron chi connectivity index (χ1n) is 9.62. The molecule has 2 amide bonds. The smallest absolute Gasteiger partial charge is 0.224 e. The first-order chi connectivity index (χ1) is 13.6. The van der Waals surface area contributed by atoms with E-state index in [1.54, 1.807) is 0 Å². The second-order valence-electron chi connectivity index (χ2n) is 6.83. The molecular formula is C22H26N2O4. The van der Waals surface area contributed by atoms with Crippen molar-refractivity contribution in [2.75, 3.05) is 25.1 Å². The number of fused-ring (bicyclic) bond motifs is 1. The van der Waals surface area contributed by atoms with Crippen molar-refractivity contribution < 1.29 is 19.1 Å². The number of anilines is 1. The van der Waals surface area contributed by atoms with Crippen molar-refractivity contribution in [1.29, 1.82) is 0 Å². The number of ether oxygens (including phenoxy) is 2. The lowest BCUT2D eigenvalue weighted by Crippen LogP contribution is -2.28. The average Bonchev–Trinajstić information content (AvgIpc) is 2.70. The van der Waals surface area contributed by atoms with Gasteiger partial charge in [0, 0.05) is 18.5 Å². The number of amides is 2. The van der Waals surface area contributed by atoms with Gasteiger partial charge in [-0.2, -0.15) is 0 Å². The topological polar surface area (TPSA) is 76.7 Å². The van der Waals surface area contributed by atoms with Crippen LogP contribution in [0, 0.1) is 6.92 Å². The molecule has 3 rings (SSSR count). The maximum atomic E-state index is 11.9. The van der Waals surface area contributed by atoms with Crippen LogP contribution in [-0.2, 0) is 16.0 Å². The Morgan fingerprint density at radius 1 is 1.04 bits per heavy atom. The zero-order valence-corrected chi connectivity index (χ0v) is 16.1. The maximum absolute atomic E-state index is 11.9. The van der Waals surface area contributed by atoms with E-state index in [0.717, 1.165) is 29.2 Å². The second-order valence-corrected chi connectivity index (χ2v) is 6.83. The molecule has 0 saturated heterocycles. The van der Waals surface area contributed by atoms with Crippen LogP contribution in [0.1, 0.15) is 30.4 Å². The van der Waals surface area contributed by atoms with Gasteiger partial charge in [0.15, 0.2) is 0 Å². The van der Waals surface area contributed by atoms with E-state index in [9.17, 15) is 9.59 Å². The standard InChI is InChI=1S/C22H26N2O4/c1-16-4-7-18(8-5-16)28-14-12-23-21(25)3-2-13-27-19-9-10-20-17(15-19)6-11-22(26)24-20/h4-5,7-10,15H,2-3,6,11-14H2,1H3,(H,23,25)(H,24,26). The van der Waals surface area contributed by atoms with Gasteiger partial charge in [0.05, 0.1) is 13.2 Å². The summed E-state index contributed by atoms with van der Waals surface area (Å²) in [4.78, 5) is 23.2. The van der Waals surface area contributed by atoms with Gasteiger partial charge in [-0.15, -0.1) is 0 Å². The number of aryl methyl sites for hydroxylation is 2. The highest BCUT2D eigenvalue weighted by Gasteiger charge is 2.15. The summed E-state index contributed by atoms with van der Waals surface area (Å²) >= 11 is 0. The van der Waals surface area contributed by atoms with Gasteiger partial charge in [0.25, 0.3) is 0 Å². The Morgan fingerprint density at radius 3 is 2.61 bits per heavy atom. The summed E-state index contributed by atoms with van der Waals surface area (Å²) < 4.78 is 11.3. The molecule has 0 atom stereocenters. The summed E-state index contributed by atoms with van der Waals surface area (Å²) in [5.41, 5.74) is 3.13. The van der Waals surface area contributed by atoms with Crippen LogP contribution in [0.4, 0.5) is 5.69 Å². The normalized spacial score (nSPS) is 12.7. The molecule has 28 heavy (non-hydrogen) atoms. The van der Waals surface area contributed by atoms with Gasteiger partial charge in [0.2, 0.25) is 11.8 Å². The monoisotopic (exact) mass is 382 g/mol. The van der Waals surface area contributed by atoms with Crippen LogP contribution in [0.2, 0.25) is 0 Å². The Morgan fingerprint density at radius 2 is 1.79 bits per heavy atom. The highest BCUT2D eigenvalue weighted by Crippen LogP contribution is 2.26. The molecule has 2 N–H and O–H groups in total. The lowest BCUT2D eigenvalue weighted by molar-refractivity contribution is -0.121. The van der Waals surface area contributed by atoms with Crippen molar-refractivity contribution in [3.63, 3.8) is 0 Å². The van der Waals surface area contributed by atoms with Gasteiger partial charge in [-0.3, -0.25) is 9.59 Å². The summed E-state index contributed by atoms with van der Waals surface area (Å²) in [5, 5.41) is 5.70. The minimum atomic E-state index is -0.00994. The van der Waals surface area contributed by atoms with Crippen LogP contribution in [0.5, 0.6) is 11.5 Å². The number of hydrogen-bond acceptors (Lipinski definition) is 4. The molecule has 6 nitrogen and oxygen atoms in total. The lowest BCUT2D eigenvalue weighted by Gasteiger charge is -2.17. The largest absolute Gasteiger partial charge is 0.494 e. The molecule has 2 aromatic carbocycles. The first-order valence-corrected chi connectivity index (χ1v) is 9.62. The van der Waals surface area contributed by atoms with E-state index >= 15 is 0 Å². The quantitative estimate of drug-likeness (QED) is 0.653. The van der Waals surface area contributed by atoms with E-state index in [2.05, 4.69) is 10.6 Å². The van der Waals surface area contributed by atoms with Crippen molar-refractivity contribution in [2.45, 2.75) is 32.6 Å². The zero-order valence-electron chi connectivity index (χ0n) is 16.1. The van der Waals surface area contributed by atoms with E-state index in [4.69, 9.17) is 9.47 Å². The molecule has 148 valence electrons. The Labute approximate surface area is 165 Å². The molecule has 0 bridgehead atoms. The molecule has 0 aliphatic carbocycles. The summed E-state index contributed by atoms with van der Waals surface area (Å²) in [6, 6.07) is 13.5. The van der Waals surface area contributed by atoms with Crippen LogP contribution >= 0.6 is 0 Å². The molecular weight excluding hydrogens is 356 g/mol. The van der Waals surface area contributed by atoms with Crippen molar-refractivity contribution in [3.8, 4) is 11.5 Å². The zero-order chi connectivity index (χ0) is 19.8. The van der Waals surface area contributed by atoms with Crippen molar-refractivity contribution in [1.82, 2.24) is 5.32 Å². The highest BCUT2D eigenvalue weighted by molar-refractivity contribution is 5.94. The minimum Gasteiger partial charge on any atom is -0.494 e. The van der Waals surface area contributed by atoms with E-state index in [-0.39, 0.29) is 11.8 Å². The van der Waals surface area contributed by atoms with Gasteiger partial charge in [0.1, 0.15) is 18.1 Å². The molecule has 0 radical (unpaired) electrons. The van der Waals surface area contributed by atoms with E-state index in [1.165, 1.54) is 5.56 Å². The molecule has 0 saturated carbocycles. The van der Waals surface area contributed by atoms with Gasteiger partial charge in [-0.25, -0.2) is 0 Å². The van der Waals surface area contributed by atoms with Crippen LogP contribution < -0.4 is 20.1 Å². The molecule has 0 aromatic heterocycles. The fraction of sp³-hybridized carbons (Fsp3) is 0.364. The third-order valence-corrected chi connectivity index (χ3v) is 4.50. The first kappa shape index (κ1) is 19.7. The van der Waals surface area contributed by atoms with Gasteiger partial charge >= 0.3 is 0 Å². The molecule has 1 aliphatic heterocycles. The molecule has 2 aromatic rings. The molecule has 1 heterocycles. The summed E-state index contributed by atoms with van der Waals surface area (Å²) in [5.74, 6) is 1.61. The maximum Gasteiger partial charge on any atom is 0.224 e. The van der Waals surface area contributed by atoms with Crippen LogP contribution in [0.3, 0.4) is 0 Å². The average molecular weight is 382 g/mol. The Hall–Kier alpha value is -3.02. The third kappa shape index (κ3) is 6.01. The minimum absolute atomic E-state index is 0.00994. The van der Waals surface area contributed by atoms with E-state index in [0.29, 0.717) is 39.0 Å². The van der Waals surface area contributed by atoms with Gasteiger partial charge in [-0.1, -0.05) is 17.7 Å². The van der Waals surface area contributed by atoms with Crippen molar-refractivity contribution in [3.05, 3.63) is 53.6 Å². The van der Waals surface area contributed by atoms with Crippen LogP contribution in [0.15, 0.2) is 42.5 Å². The Balaban J connectivity index is 1.28. The fourth-order valence-corrected chi connectivity index (χ4v) is 2.95. The number of carbonyl (C=O) groups excluding carboxylic acids is 2.